The lowest BCUT2D eigenvalue weighted by atomic mass is 10.1. The zero-order chi connectivity index (χ0) is 20.8. The monoisotopic (exact) mass is 422 g/mol. The molecule has 0 heterocycles. The number of carbonyl (C=O) groups is 4. The third kappa shape index (κ3) is 5.18. The normalized spacial score (nSPS) is 12.6. The van der Waals surface area contributed by atoms with Crippen LogP contribution in [0.4, 0.5) is 0 Å². The average Bonchev–Trinajstić information content (AvgIpc) is 2.64. The first kappa shape index (κ1) is 21.6. The molecule has 146 valence electrons. The molecule has 0 amide bonds. The molecule has 0 spiro atoms. The molecule has 0 saturated heterocycles. The molecule has 6 nitrogen and oxygen atoms in total. The van der Waals surface area contributed by atoms with Crippen molar-refractivity contribution in [2.24, 2.45) is 0 Å². The number of carbonyl (C=O) groups excluding carboxylic acids is 4. The van der Waals surface area contributed by atoms with Gasteiger partial charge in [0, 0.05) is 0 Å². The maximum Gasteiger partial charge on any atom is 0.339 e. The van der Waals surface area contributed by atoms with Crippen molar-refractivity contribution in [3.05, 3.63) is 70.8 Å². The zero-order valence-electron chi connectivity index (χ0n) is 15.0. The van der Waals surface area contributed by atoms with Crippen molar-refractivity contribution < 1.29 is 28.7 Å². The van der Waals surface area contributed by atoms with Crippen molar-refractivity contribution in [1.29, 1.82) is 0 Å². The Hall–Kier alpha value is -2.70. The predicted molar refractivity (Wildman–Crippen MR) is 102 cm³/mol. The largest absolute Gasteiger partial charge is 0.445 e. The van der Waals surface area contributed by atoms with Crippen molar-refractivity contribution in [2.45, 2.75) is 26.1 Å². The van der Waals surface area contributed by atoms with E-state index in [1.54, 1.807) is 50.2 Å². The highest BCUT2D eigenvalue weighted by Gasteiger charge is 2.39. The highest BCUT2D eigenvalue weighted by molar-refractivity contribution is 6.67. The van der Waals surface area contributed by atoms with Gasteiger partial charge < -0.3 is 9.47 Å². The molecule has 2 aromatic carbocycles. The van der Waals surface area contributed by atoms with Gasteiger partial charge in [-0.05, 0) is 60.3 Å². The minimum atomic E-state index is -1.90. The molecule has 2 atom stereocenters. The number of hydrogen-bond acceptors (Lipinski definition) is 6. The zero-order valence-corrected chi connectivity index (χ0v) is 16.5. The minimum absolute atomic E-state index is 0.163. The van der Waals surface area contributed by atoms with Crippen LogP contribution >= 0.6 is 23.2 Å². The molecule has 0 bridgehead atoms. The summed E-state index contributed by atoms with van der Waals surface area (Å²) in [5.74, 6) is -1.82. The van der Waals surface area contributed by atoms with E-state index in [2.05, 4.69) is 0 Å². The van der Waals surface area contributed by atoms with Crippen molar-refractivity contribution in [3.63, 3.8) is 0 Å². The first-order valence-corrected chi connectivity index (χ1v) is 8.90. The first-order chi connectivity index (χ1) is 13.2. The Kier molecular flexibility index (Phi) is 7.31. The van der Waals surface area contributed by atoms with Gasteiger partial charge in [-0.2, -0.15) is 0 Å². The minimum Gasteiger partial charge on any atom is -0.445 e. The van der Waals surface area contributed by atoms with Crippen LogP contribution in [0.1, 0.15) is 31.8 Å². The summed E-state index contributed by atoms with van der Waals surface area (Å²) in [6.07, 6.45) is -3.79. The summed E-state index contributed by atoms with van der Waals surface area (Å²) in [5, 5.41) is -2.42. The van der Waals surface area contributed by atoms with Gasteiger partial charge in [-0.25, -0.2) is 9.59 Å². The fourth-order valence-electron chi connectivity index (χ4n) is 2.42. The Morgan fingerprint density at radius 2 is 1.00 bits per heavy atom. The van der Waals surface area contributed by atoms with Crippen LogP contribution in [0.15, 0.2) is 48.5 Å². The van der Waals surface area contributed by atoms with Crippen LogP contribution in [0.2, 0.25) is 0 Å². The molecule has 0 aliphatic carbocycles. The third-order valence-electron chi connectivity index (χ3n) is 3.92. The van der Waals surface area contributed by atoms with Crippen LogP contribution < -0.4 is 0 Å². The fourth-order valence-corrected chi connectivity index (χ4v) is 2.73. The Morgan fingerprint density at radius 3 is 1.29 bits per heavy atom. The molecule has 0 radical (unpaired) electrons. The maximum absolute atomic E-state index is 12.4. The second kappa shape index (κ2) is 9.48. The van der Waals surface area contributed by atoms with Crippen molar-refractivity contribution in [2.75, 3.05) is 0 Å². The number of aryl methyl sites for hydroxylation is 2. The van der Waals surface area contributed by atoms with Gasteiger partial charge in [-0.15, -0.1) is 0 Å². The van der Waals surface area contributed by atoms with Crippen molar-refractivity contribution >= 4 is 45.6 Å². The molecule has 0 aromatic heterocycles. The predicted octanol–water partition coefficient (Wildman–Crippen LogP) is 3.59. The number of hydrogen-bond donors (Lipinski definition) is 0. The van der Waals surface area contributed by atoms with E-state index in [4.69, 9.17) is 32.7 Å². The molecule has 8 heteroatoms. The van der Waals surface area contributed by atoms with E-state index in [0.717, 1.165) is 0 Å². The maximum atomic E-state index is 12.4. The second-order valence-corrected chi connectivity index (χ2v) is 6.63. The molecule has 2 rings (SSSR count). The van der Waals surface area contributed by atoms with E-state index >= 15 is 0 Å². The number of benzene rings is 2. The third-order valence-corrected chi connectivity index (χ3v) is 4.35. The van der Waals surface area contributed by atoms with Gasteiger partial charge in [0.2, 0.25) is 12.2 Å². The summed E-state index contributed by atoms with van der Waals surface area (Å²) < 4.78 is 10.1. The van der Waals surface area contributed by atoms with Crippen molar-refractivity contribution in [1.82, 2.24) is 0 Å². The van der Waals surface area contributed by atoms with Crippen molar-refractivity contribution in [3.8, 4) is 0 Å². The molecular formula is C20H16Cl2O6. The van der Waals surface area contributed by atoms with E-state index in [0.29, 0.717) is 11.1 Å². The standard InChI is InChI=1S/C20H16Cl2O6/c1-11-7-3-5-9-13(11)19(25)27-15(17(21)23)16(18(22)24)28-20(26)14-10-6-4-8-12(14)2/h3-10,15-16H,1-2H3. The van der Waals surface area contributed by atoms with E-state index in [1.165, 1.54) is 12.1 Å². The number of rotatable bonds is 7. The summed E-state index contributed by atoms with van der Waals surface area (Å²) >= 11 is 11.0. The van der Waals surface area contributed by atoms with E-state index in [1.807, 2.05) is 0 Å². The molecule has 2 unspecified atom stereocenters. The van der Waals surface area contributed by atoms with Gasteiger partial charge in [0.05, 0.1) is 11.1 Å². The summed E-state index contributed by atoms with van der Waals surface area (Å²) in [6, 6.07) is 12.9. The second-order valence-electron chi connectivity index (χ2n) is 5.89. The van der Waals surface area contributed by atoms with Crippen LogP contribution in [-0.2, 0) is 19.1 Å². The average molecular weight is 423 g/mol. The van der Waals surface area contributed by atoms with E-state index in [-0.39, 0.29) is 11.1 Å². The molecule has 0 saturated carbocycles. The Balaban J connectivity index is 2.27. The molecule has 0 fully saturated rings. The molecule has 2 aromatic rings. The molecule has 0 aliphatic heterocycles. The smallest absolute Gasteiger partial charge is 0.339 e. The Bertz CT molecular complexity index is 849. The lowest BCUT2D eigenvalue weighted by Gasteiger charge is -2.22. The van der Waals surface area contributed by atoms with Gasteiger partial charge in [-0.3, -0.25) is 9.59 Å². The fraction of sp³-hybridized carbons (Fsp3) is 0.200. The van der Waals surface area contributed by atoms with Gasteiger partial charge in [-0.1, -0.05) is 36.4 Å². The summed E-state index contributed by atoms with van der Waals surface area (Å²) in [4.78, 5) is 48.4. The Morgan fingerprint density at radius 1 is 0.679 bits per heavy atom. The van der Waals surface area contributed by atoms with Gasteiger partial charge in [0.25, 0.3) is 10.5 Å². The lowest BCUT2D eigenvalue weighted by molar-refractivity contribution is -0.135. The van der Waals surface area contributed by atoms with Gasteiger partial charge in [0.1, 0.15) is 0 Å². The van der Waals surface area contributed by atoms with E-state index in [9.17, 15) is 19.2 Å². The Labute approximate surface area is 171 Å². The van der Waals surface area contributed by atoms with Crippen LogP contribution in [0, 0.1) is 13.8 Å². The number of halogens is 2. The summed E-state index contributed by atoms with van der Waals surface area (Å²) in [5.41, 5.74) is 1.49. The van der Waals surface area contributed by atoms with E-state index < -0.39 is 34.6 Å². The molecular weight excluding hydrogens is 407 g/mol. The summed E-state index contributed by atoms with van der Waals surface area (Å²) in [6.45, 7) is 3.33. The van der Waals surface area contributed by atoms with Gasteiger partial charge >= 0.3 is 11.9 Å². The topological polar surface area (TPSA) is 86.7 Å². The molecule has 0 aliphatic rings. The van der Waals surface area contributed by atoms with Crippen LogP contribution in [-0.4, -0.2) is 34.6 Å². The highest BCUT2D eigenvalue weighted by Crippen LogP contribution is 2.19. The van der Waals surface area contributed by atoms with Crippen LogP contribution in [0.5, 0.6) is 0 Å². The quantitative estimate of drug-likeness (QED) is 0.500. The first-order valence-electron chi connectivity index (χ1n) is 8.14. The summed E-state index contributed by atoms with van der Waals surface area (Å²) in [7, 11) is 0. The molecule has 28 heavy (non-hydrogen) atoms. The van der Waals surface area contributed by atoms with Crippen LogP contribution in [0.3, 0.4) is 0 Å². The van der Waals surface area contributed by atoms with Gasteiger partial charge in [0.15, 0.2) is 0 Å². The highest BCUT2D eigenvalue weighted by atomic mass is 35.5. The molecule has 0 N–H and O–H groups in total. The number of esters is 2. The number of ether oxygens (including phenoxy) is 2. The lowest BCUT2D eigenvalue weighted by Crippen LogP contribution is -2.43. The van der Waals surface area contributed by atoms with Crippen LogP contribution in [0.25, 0.3) is 0 Å². The SMILES string of the molecule is Cc1ccccc1C(=O)OC(C(=O)Cl)C(OC(=O)c1ccccc1C)C(=O)Cl.